The second-order valence-electron chi connectivity index (χ2n) is 12.6. The quantitative estimate of drug-likeness (QED) is 0.329. The van der Waals surface area contributed by atoms with E-state index in [0.717, 1.165) is 17.7 Å². The topological polar surface area (TPSA) is 123 Å². The fraction of sp³-hybridized carbons (Fsp3) is 0.485. The van der Waals surface area contributed by atoms with E-state index in [1.165, 1.54) is 23.7 Å². The normalized spacial score (nSPS) is 22.8. The fourth-order valence-corrected chi connectivity index (χ4v) is 6.35. The van der Waals surface area contributed by atoms with Crippen molar-refractivity contribution in [2.75, 3.05) is 18.8 Å². The van der Waals surface area contributed by atoms with Gasteiger partial charge in [-0.15, -0.1) is 0 Å². The number of piperidine rings is 1. The van der Waals surface area contributed by atoms with Crippen LogP contribution in [0.1, 0.15) is 62.0 Å². The highest BCUT2D eigenvalue weighted by atomic mass is 19.3. The minimum absolute atomic E-state index is 0.00598. The minimum atomic E-state index is -2.80. The summed E-state index contributed by atoms with van der Waals surface area (Å²) < 4.78 is 35.8. The lowest BCUT2D eigenvalue weighted by Crippen LogP contribution is -2.52. The lowest BCUT2D eigenvalue weighted by Gasteiger charge is -2.42. The first-order chi connectivity index (χ1) is 21.1. The molecule has 9 nitrogen and oxygen atoms in total. The van der Waals surface area contributed by atoms with Crippen LogP contribution in [0.25, 0.3) is 0 Å². The number of ether oxygens (including phenoxy) is 1. The minimum Gasteiger partial charge on any atom is -0.437 e. The Hall–Kier alpha value is -3.83. The Morgan fingerprint density at radius 2 is 1.75 bits per heavy atom. The van der Waals surface area contributed by atoms with Crippen molar-refractivity contribution in [3.63, 3.8) is 0 Å². The van der Waals surface area contributed by atoms with Gasteiger partial charge < -0.3 is 25.8 Å². The molecule has 1 amide bonds. The van der Waals surface area contributed by atoms with Gasteiger partial charge in [-0.3, -0.25) is 14.2 Å². The van der Waals surface area contributed by atoms with Crippen LogP contribution >= 0.6 is 0 Å². The van der Waals surface area contributed by atoms with Crippen molar-refractivity contribution in [3.8, 4) is 11.6 Å². The van der Waals surface area contributed by atoms with E-state index in [0.29, 0.717) is 11.8 Å². The first-order valence-corrected chi connectivity index (χ1v) is 15.4. The van der Waals surface area contributed by atoms with Gasteiger partial charge in [-0.2, -0.15) is 0 Å². The van der Waals surface area contributed by atoms with Crippen molar-refractivity contribution in [2.45, 2.75) is 81.5 Å². The molecule has 4 N–H and O–H groups in total. The van der Waals surface area contributed by atoms with Crippen molar-refractivity contribution in [1.82, 2.24) is 19.8 Å². The number of anilines is 1. The third kappa shape index (κ3) is 6.94. The number of likely N-dealkylation sites (tertiary alicyclic amines) is 1. The molecule has 0 radical (unpaired) electrons. The summed E-state index contributed by atoms with van der Waals surface area (Å²) in [6.07, 6.45) is 3.64. The molecule has 0 bridgehead atoms. The first kappa shape index (κ1) is 30.2. The number of amides is 1. The molecular weight excluding hydrogens is 568 g/mol. The molecule has 2 aromatic carbocycles. The molecule has 1 aliphatic heterocycles. The van der Waals surface area contributed by atoms with Crippen LogP contribution in [0.5, 0.6) is 11.6 Å². The molecule has 1 saturated heterocycles. The van der Waals surface area contributed by atoms with E-state index >= 15 is 0 Å². The second-order valence-corrected chi connectivity index (χ2v) is 12.6. The van der Waals surface area contributed by atoms with E-state index in [2.05, 4.69) is 10.3 Å². The van der Waals surface area contributed by atoms with Crippen LogP contribution in [0.15, 0.2) is 65.7 Å². The summed E-state index contributed by atoms with van der Waals surface area (Å²) in [7, 11) is 0. The number of aliphatic hydroxyl groups is 1. The summed E-state index contributed by atoms with van der Waals surface area (Å²) in [6.45, 7) is 1.25. The smallest absolute Gasteiger partial charge is 0.280 e. The highest BCUT2D eigenvalue weighted by Gasteiger charge is 2.46. The predicted molar refractivity (Wildman–Crippen MR) is 162 cm³/mol. The zero-order valence-corrected chi connectivity index (χ0v) is 24.6. The molecule has 3 aliphatic rings. The largest absolute Gasteiger partial charge is 0.437 e. The molecule has 3 aromatic rings. The number of carbonyl (C=O) groups is 1. The molecule has 2 heterocycles. The van der Waals surface area contributed by atoms with Gasteiger partial charge in [-0.05, 0) is 55.4 Å². The number of hydrogen-bond donors (Lipinski definition) is 3. The number of nitrogens with zero attached hydrogens (tertiary/aromatic N) is 3. The van der Waals surface area contributed by atoms with Crippen LogP contribution in [0.3, 0.4) is 0 Å². The molecule has 0 unspecified atom stereocenters. The summed E-state index contributed by atoms with van der Waals surface area (Å²) in [4.78, 5) is 32.6. The maximum absolute atomic E-state index is 14.4. The number of nitrogen functional groups attached to an aromatic ring is 1. The zero-order chi connectivity index (χ0) is 30.9. The van der Waals surface area contributed by atoms with Gasteiger partial charge in [-0.1, -0.05) is 42.5 Å². The van der Waals surface area contributed by atoms with Crippen LogP contribution < -0.4 is 21.3 Å². The molecule has 44 heavy (non-hydrogen) atoms. The molecule has 2 atom stereocenters. The highest BCUT2D eigenvalue weighted by molar-refractivity contribution is 5.80. The molecule has 6 rings (SSSR count). The molecule has 0 spiro atoms. The van der Waals surface area contributed by atoms with E-state index < -0.39 is 28.9 Å². The van der Waals surface area contributed by atoms with Gasteiger partial charge >= 0.3 is 0 Å². The van der Waals surface area contributed by atoms with E-state index in [1.807, 2.05) is 18.2 Å². The molecule has 1 aromatic heterocycles. The van der Waals surface area contributed by atoms with Gasteiger partial charge in [0, 0.05) is 50.4 Å². The summed E-state index contributed by atoms with van der Waals surface area (Å²) in [5, 5.41) is 14.8. The fourth-order valence-electron chi connectivity index (χ4n) is 6.35. The summed E-state index contributed by atoms with van der Waals surface area (Å²) in [5.41, 5.74) is 6.02. The Morgan fingerprint density at radius 3 is 2.43 bits per heavy atom. The lowest BCUT2D eigenvalue weighted by atomic mass is 9.73. The molecule has 2 saturated carbocycles. The number of benzene rings is 2. The zero-order valence-electron chi connectivity index (χ0n) is 24.6. The molecule has 3 fully saturated rings. The van der Waals surface area contributed by atoms with Gasteiger partial charge in [0.15, 0.2) is 5.69 Å². The Balaban J connectivity index is 1.07. The van der Waals surface area contributed by atoms with Crippen LogP contribution in [0, 0.1) is 5.92 Å². The Morgan fingerprint density at radius 1 is 1.05 bits per heavy atom. The molecule has 2 aliphatic carbocycles. The van der Waals surface area contributed by atoms with Gasteiger partial charge in [0.25, 0.3) is 5.56 Å². The highest BCUT2D eigenvalue weighted by Crippen LogP contribution is 2.46. The van der Waals surface area contributed by atoms with Crippen LogP contribution in [0.4, 0.5) is 14.5 Å². The first-order valence-electron chi connectivity index (χ1n) is 15.4. The molecule has 234 valence electrons. The van der Waals surface area contributed by atoms with Crippen molar-refractivity contribution >= 4 is 11.6 Å². The second kappa shape index (κ2) is 12.3. The maximum Gasteiger partial charge on any atom is 0.280 e. The van der Waals surface area contributed by atoms with E-state index in [4.69, 9.17) is 10.5 Å². The van der Waals surface area contributed by atoms with E-state index in [-0.39, 0.29) is 69.2 Å². The number of nitrogens with two attached hydrogens (primary N) is 1. The van der Waals surface area contributed by atoms with Crippen LogP contribution in [-0.4, -0.2) is 56.1 Å². The van der Waals surface area contributed by atoms with Gasteiger partial charge in [0.05, 0.1) is 12.1 Å². The average molecular weight is 608 g/mol. The third-order valence-electron chi connectivity index (χ3n) is 9.19. The molecule has 11 heteroatoms. The van der Waals surface area contributed by atoms with Crippen molar-refractivity contribution in [2.24, 2.45) is 5.92 Å². The summed E-state index contributed by atoms with van der Waals surface area (Å²) in [6, 6.07) is 17.1. The number of alkyl halides is 2. The van der Waals surface area contributed by atoms with Crippen LogP contribution in [-0.2, 0) is 17.9 Å². The molecular formula is C33H39F2N5O4. The van der Waals surface area contributed by atoms with E-state index in [9.17, 15) is 23.5 Å². The number of halogens is 2. The summed E-state index contributed by atoms with van der Waals surface area (Å²) in [5.74, 6) is -3.58. The number of carbonyl (C=O) groups excluding carboxylic acids is 1. The SMILES string of the molecule is Nc1c(Oc2ccc(CNC3CC3)cc2)ncn(CC2(O)CCN(C(=O)[C@@H]3CCC(F)(F)C[C@H]3c3ccccc3)CC2)c1=O. The van der Waals surface area contributed by atoms with Gasteiger partial charge in [0.2, 0.25) is 17.7 Å². The number of nitrogens with one attached hydrogen (secondary N) is 1. The van der Waals surface area contributed by atoms with Crippen molar-refractivity contribution < 1.29 is 23.4 Å². The Kier molecular flexibility index (Phi) is 8.43. The Labute approximate surface area is 255 Å². The van der Waals surface area contributed by atoms with E-state index in [1.54, 1.807) is 41.3 Å². The maximum atomic E-state index is 14.4. The monoisotopic (exact) mass is 607 g/mol. The third-order valence-corrected chi connectivity index (χ3v) is 9.19. The van der Waals surface area contributed by atoms with Gasteiger partial charge in [-0.25, -0.2) is 13.8 Å². The van der Waals surface area contributed by atoms with Crippen molar-refractivity contribution in [3.05, 3.63) is 82.4 Å². The van der Waals surface area contributed by atoms with Crippen molar-refractivity contribution in [1.29, 1.82) is 0 Å². The summed E-state index contributed by atoms with van der Waals surface area (Å²) >= 11 is 0. The van der Waals surface area contributed by atoms with Gasteiger partial charge in [0.1, 0.15) is 12.1 Å². The average Bonchev–Trinajstić information content (AvgIpc) is 3.85. The standard InChI is InChI=1S/C33H39F2N5O4/c34-33(35)13-12-26(27(18-33)23-4-2-1-3-5-23)30(41)39-16-14-32(43,15-17-39)20-40-21-38-29(28(36)31(40)42)44-25-10-6-22(7-11-25)19-37-24-8-9-24/h1-7,10-11,21,24,26-27,37,43H,8-9,12-20,36H2/t26-,27+/m1/s1. The number of hydrogen-bond acceptors (Lipinski definition) is 7. The predicted octanol–water partition coefficient (Wildman–Crippen LogP) is 4.44. The number of rotatable bonds is 9. The Bertz CT molecular complexity index is 1520. The number of aromatic nitrogens is 2. The lowest BCUT2D eigenvalue weighted by molar-refractivity contribution is -0.145. The van der Waals surface area contributed by atoms with Crippen LogP contribution in [0.2, 0.25) is 0 Å².